The smallest absolute Gasteiger partial charge is 0.344 e. The maximum atomic E-state index is 14.7. The number of aryl methyl sites for hydroxylation is 1. The maximum absolute atomic E-state index is 14.7. The normalized spacial score (nSPS) is 22.7. The highest BCUT2D eigenvalue weighted by molar-refractivity contribution is 14.1. The van der Waals surface area contributed by atoms with Crippen LogP contribution in [0, 0.1) is 12.7 Å². The Morgan fingerprint density at radius 1 is 1.33 bits per heavy atom. The van der Waals surface area contributed by atoms with Gasteiger partial charge in [0.15, 0.2) is 0 Å². The number of hydrogen-bond acceptors (Lipinski definition) is 6. The van der Waals surface area contributed by atoms with Crippen LogP contribution in [0.25, 0.3) is 22.3 Å². The van der Waals surface area contributed by atoms with Crippen molar-refractivity contribution in [2.75, 3.05) is 0 Å². The summed E-state index contributed by atoms with van der Waals surface area (Å²) in [6.45, 7) is 3.84. The van der Waals surface area contributed by atoms with Crippen LogP contribution in [0.15, 0.2) is 16.9 Å². The topological polar surface area (TPSA) is 96.4 Å². The van der Waals surface area contributed by atoms with Crippen molar-refractivity contribution in [1.82, 2.24) is 9.55 Å². The molecule has 0 unspecified atom stereocenters. The number of carbonyl (C=O) groups excluding carboxylic acids is 1. The lowest BCUT2D eigenvalue weighted by atomic mass is 9.82. The van der Waals surface area contributed by atoms with Crippen molar-refractivity contribution < 1.29 is 17.0 Å². The van der Waals surface area contributed by atoms with E-state index in [2.05, 4.69) is 0 Å². The van der Waals surface area contributed by atoms with E-state index in [0.29, 0.717) is 59.4 Å². The summed E-state index contributed by atoms with van der Waals surface area (Å²) in [4.78, 5) is 31.1. The Morgan fingerprint density at radius 3 is 2.85 bits per heavy atom. The molecule has 7 nitrogen and oxygen atoms in total. The molecule has 2 N–H and O–H groups in total. The summed E-state index contributed by atoms with van der Waals surface area (Å²) in [5, 5.41) is 0.911. The van der Waals surface area contributed by atoms with Crippen molar-refractivity contribution in [3.05, 3.63) is 61.7 Å². The summed E-state index contributed by atoms with van der Waals surface area (Å²) in [6, 6.07) is 3.05. The first-order chi connectivity index (χ1) is 15.8. The molecule has 3 aliphatic rings. The molecule has 0 saturated heterocycles. The minimum atomic E-state index is -1.36. The number of fused-ring (bicyclic) bond motifs is 5. The molecule has 0 fully saturated rings. The van der Waals surface area contributed by atoms with E-state index in [4.69, 9.17) is 18.5 Å². The van der Waals surface area contributed by atoms with Gasteiger partial charge in [0, 0.05) is 28.6 Å². The Hall–Kier alpha value is -2.37. The first-order valence-corrected chi connectivity index (χ1v) is 11.8. The molecule has 33 heavy (non-hydrogen) atoms. The van der Waals surface area contributed by atoms with Gasteiger partial charge < -0.3 is 15.0 Å². The van der Waals surface area contributed by atoms with Gasteiger partial charge in [-0.05, 0) is 48.9 Å². The Bertz CT molecular complexity index is 1460. The van der Waals surface area contributed by atoms with Crippen molar-refractivity contribution in [2.45, 2.75) is 57.9 Å². The molecule has 1 aliphatic carbocycles. The zero-order chi connectivity index (χ0) is 23.2. The number of nitrogens with zero attached hydrogens (tertiary/aromatic N) is 2. The summed E-state index contributed by atoms with van der Waals surface area (Å²) in [5.41, 5.74) is 11.1. The second-order valence-electron chi connectivity index (χ2n) is 9.00. The number of carbonyl (C=O) groups is 1. The molecule has 1 aromatic carbocycles. The number of nitrogens with two attached hydrogens (primary N) is 1. The molecule has 2 atom stereocenters. The Kier molecular flexibility index (Phi) is 4.54. The third kappa shape index (κ3) is 2.58. The second-order valence-corrected chi connectivity index (χ2v) is 9.44. The van der Waals surface area contributed by atoms with E-state index >= 15 is 0 Å². The zero-order valence-electron chi connectivity index (χ0n) is 18.1. The molecule has 170 valence electrons. The fourth-order valence-electron chi connectivity index (χ4n) is 5.71. The van der Waals surface area contributed by atoms with E-state index in [-0.39, 0.29) is 24.0 Å². The molecule has 9 heteroatoms. The molecule has 4 heterocycles. The molecule has 0 saturated carbocycles. The van der Waals surface area contributed by atoms with Crippen molar-refractivity contribution in [3.63, 3.8) is 0 Å². The number of halogens is 2. The van der Waals surface area contributed by atoms with Crippen molar-refractivity contribution in [1.29, 1.82) is 0 Å². The lowest BCUT2D eigenvalue weighted by Gasteiger charge is -2.33. The highest BCUT2D eigenvalue weighted by Gasteiger charge is 2.48. The van der Waals surface area contributed by atoms with Crippen molar-refractivity contribution in [3.8, 4) is 11.4 Å². The predicted molar refractivity (Wildman–Crippen MR) is 127 cm³/mol. The molecular formula is C24H21FIN3O4. The number of rotatable bonds is 2. The number of esters is 1. The number of ether oxygens (including phenoxy) is 1. The van der Waals surface area contributed by atoms with Crippen LogP contribution in [0.1, 0.15) is 59.2 Å². The summed E-state index contributed by atoms with van der Waals surface area (Å²) in [6.07, 6.45) is 1.71. The molecule has 3 aromatic rings. The molecule has 2 aromatic heterocycles. The maximum Gasteiger partial charge on any atom is 0.344 e. The minimum Gasteiger partial charge on any atom is -0.458 e. The van der Waals surface area contributed by atoms with Gasteiger partial charge in [0.2, 0.25) is 5.60 Å². The van der Waals surface area contributed by atoms with Crippen LogP contribution in [0.4, 0.5) is 4.39 Å². The molecule has 6 rings (SSSR count). The van der Waals surface area contributed by atoms with Crippen LogP contribution in [0.3, 0.4) is 0 Å². The van der Waals surface area contributed by atoms with E-state index in [1.807, 2.05) is 13.0 Å². The van der Waals surface area contributed by atoms with Crippen molar-refractivity contribution >= 4 is 39.9 Å². The Morgan fingerprint density at radius 2 is 2.12 bits per heavy atom. The molecule has 2 aliphatic heterocycles. The van der Waals surface area contributed by atoms with Crippen LogP contribution >= 0.6 is 23.0 Å². The van der Waals surface area contributed by atoms with E-state index in [1.165, 1.54) is 6.07 Å². The minimum absolute atomic E-state index is 0.0955. The Labute approximate surface area is 202 Å². The van der Waals surface area contributed by atoms with Crippen LogP contribution in [-0.4, -0.2) is 15.5 Å². The molecule has 0 amide bonds. The van der Waals surface area contributed by atoms with Crippen LogP contribution < -0.4 is 11.3 Å². The summed E-state index contributed by atoms with van der Waals surface area (Å²) >= 11 is 1.69. The summed E-state index contributed by atoms with van der Waals surface area (Å²) in [5.74, 6) is -0.807. The zero-order valence-corrected chi connectivity index (χ0v) is 20.3. The Balaban J connectivity index is 1.70. The van der Waals surface area contributed by atoms with E-state index in [0.717, 1.165) is 22.1 Å². The summed E-state index contributed by atoms with van der Waals surface area (Å²) < 4.78 is 27.3. The number of cyclic esters (lactones) is 1. The van der Waals surface area contributed by atoms with E-state index < -0.39 is 11.6 Å². The monoisotopic (exact) mass is 561 g/mol. The first-order valence-electron chi connectivity index (χ1n) is 11.0. The summed E-state index contributed by atoms with van der Waals surface area (Å²) in [7, 11) is 0. The highest BCUT2D eigenvalue weighted by Crippen LogP contribution is 2.46. The van der Waals surface area contributed by atoms with Crippen molar-refractivity contribution in [2.24, 2.45) is 5.73 Å². The lowest BCUT2D eigenvalue weighted by Crippen LogP contribution is -2.44. The van der Waals surface area contributed by atoms with E-state index in [1.54, 1.807) is 34.5 Å². The van der Waals surface area contributed by atoms with Gasteiger partial charge in [0.1, 0.15) is 35.4 Å². The number of hydrogen-bond donors (Lipinski definition) is 1. The van der Waals surface area contributed by atoms with Crippen LogP contribution in [-0.2, 0) is 37.8 Å². The standard InChI is InChI=1S/C24H21FIN3O4/c1-3-24(33-26)14-6-18-21-12(8-29(18)22(30)13(14)9-32-23(24)31)19-16(27)5-4-11-10(2)15(25)7-17(28-21)20(11)19/h6-7,16H,3-5,8-9,27H2,1-2H3/t16-,24-/m0/s1. The fraction of sp³-hybridized carbons (Fsp3) is 0.375. The highest BCUT2D eigenvalue weighted by atomic mass is 127. The SMILES string of the molecule is CC[C@@]1(OI)C(=O)OCc2c1cc1n(c2=O)Cc2c-1nc1cc(F)c(C)c3c1c2[C@@H](N)CC3. The van der Waals surface area contributed by atoms with E-state index in [9.17, 15) is 14.0 Å². The average Bonchev–Trinajstić information content (AvgIpc) is 3.17. The number of pyridine rings is 2. The third-order valence-electron chi connectivity index (χ3n) is 7.52. The van der Waals surface area contributed by atoms with Gasteiger partial charge in [-0.2, -0.15) is 0 Å². The first kappa shape index (κ1) is 21.2. The largest absolute Gasteiger partial charge is 0.458 e. The third-order valence-corrected chi connectivity index (χ3v) is 8.27. The quantitative estimate of drug-likeness (QED) is 0.295. The predicted octanol–water partition coefficient (Wildman–Crippen LogP) is 3.85. The number of aromatic nitrogens is 2. The molecule has 0 bridgehead atoms. The lowest BCUT2D eigenvalue weighted by molar-refractivity contribution is -0.165. The van der Waals surface area contributed by atoms with Gasteiger partial charge in [-0.3, -0.25) is 7.86 Å². The molecule has 0 radical (unpaired) electrons. The van der Waals surface area contributed by atoms with Gasteiger partial charge in [0.25, 0.3) is 5.56 Å². The van der Waals surface area contributed by atoms with Gasteiger partial charge in [-0.15, -0.1) is 0 Å². The van der Waals surface area contributed by atoms with Gasteiger partial charge in [-0.1, -0.05) is 6.92 Å². The molecule has 0 spiro atoms. The average molecular weight is 561 g/mol. The van der Waals surface area contributed by atoms with Crippen LogP contribution in [0.2, 0.25) is 0 Å². The number of benzene rings is 1. The van der Waals surface area contributed by atoms with Gasteiger partial charge in [-0.25, -0.2) is 14.2 Å². The van der Waals surface area contributed by atoms with Crippen LogP contribution in [0.5, 0.6) is 0 Å². The van der Waals surface area contributed by atoms with Gasteiger partial charge in [0.05, 0.1) is 29.0 Å². The fourth-order valence-corrected chi connectivity index (χ4v) is 6.44. The van der Waals surface area contributed by atoms with Gasteiger partial charge >= 0.3 is 5.97 Å². The second kappa shape index (κ2) is 7.07. The molecular weight excluding hydrogens is 540 g/mol.